The Morgan fingerprint density at radius 3 is 2.75 bits per heavy atom. The molecule has 1 aliphatic heterocycles. The molecule has 2 fully saturated rings. The van der Waals surface area contributed by atoms with Gasteiger partial charge in [0, 0.05) is 19.1 Å². The van der Waals surface area contributed by atoms with E-state index in [9.17, 15) is 9.59 Å². The number of anilines is 1. The number of ether oxygens (including phenoxy) is 1. The number of rotatable bonds is 4. The summed E-state index contributed by atoms with van der Waals surface area (Å²) in [5.74, 6) is 0.776. The second-order valence-corrected chi connectivity index (χ2v) is 7.85. The second kappa shape index (κ2) is 8.31. The zero-order valence-corrected chi connectivity index (χ0v) is 16.4. The first kappa shape index (κ1) is 18.9. The smallest absolute Gasteiger partial charge is 0.294 e. The Morgan fingerprint density at radius 2 is 1.96 bits per heavy atom. The Hall–Kier alpha value is -2.41. The van der Waals surface area contributed by atoms with Gasteiger partial charge in [0.25, 0.3) is 5.56 Å². The van der Waals surface area contributed by atoms with Crippen molar-refractivity contribution in [3.8, 4) is 0 Å². The van der Waals surface area contributed by atoms with Gasteiger partial charge < -0.3 is 15.0 Å². The molecule has 2 aliphatic rings. The van der Waals surface area contributed by atoms with Crippen molar-refractivity contribution in [3.05, 3.63) is 34.6 Å². The maximum atomic E-state index is 13.2. The highest BCUT2D eigenvalue weighted by atomic mass is 16.5. The van der Waals surface area contributed by atoms with Crippen LogP contribution in [0.4, 0.5) is 5.82 Å². The molecule has 0 spiro atoms. The number of para-hydroxylation sites is 2. The van der Waals surface area contributed by atoms with Gasteiger partial charge in [-0.1, -0.05) is 31.9 Å². The highest BCUT2D eigenvalue weighted by molar-refractivity contribution is 5.81. The minimum absolute atomic E-state index is 0.0163. The van der Waals surface area contributed by atoms with Crippen LogP contribution in [0.3, 0.4) is 0 Å². The molecule has 0 radical (unpaired) electrons. The van der Waals surface area contributed by atoms with Crippen LogP contribution in [0.5, 0.6) is 0 Å². The van der Waals surface area contributed by atoms with Crippen LogP contribution in [0, 0.1) is 5.92 Å². The Balaban J connectivity index is 1.64. The van der Waals surface area contributed by atoms with Crippen molar-refractivity contribution in [3.63, 3.8) is 0 Å². The lowest BCUT2D eigenvalue weighted by Gasteiger charge is -2.30. The molecule has 2 aromatic rings. The maximum Gasteiger partial charge on any atom is 0.294 e. The number of nitrogens with one attached hydrogen (secondary N) is 1. The van der Waals surface area contributed by atoms with Crippen molar-refractivity contribution in [1.82, 2.24) is 14.9 Å². The molecule has 0 bridgehead atoms. The van der Waals surface area contributed by atoms with E-state index < -0.39 is 0 Å². The van der Waals surface area contributed by atoms with Crippen LogP contribution in [-0.2, 0) is 16.1 Å². The number of nitrogens with zero attached hydrogens (tertiary/aromatic N) is 3. The van der Waals surface area contributed by atoms with Gasteiger partial charge in [-0.05, 0) is 30.9 Å². The SMILES string of the molecule is C[C@H]1CCCC[C@@H]1NC(=O)Cn1c(=O)c(N2CCOCC2)nc2ccccc21. The number of benzene rings is 1. The van der Waals surface area contributed by atoms with E-state index in [0.29, 0.717) is 43.6 Å². The summed E-state index contributed by atoms with van der Waals surface area (Å²) in [6.45, 7) is 4.62. The van der Waals surface area contributed by atoms with Crippen LogP contribution < -0.4 is 15.8 Å². The molecule has 1 amide bonds. The number of carbonyl (C=O) groups is 1. The lowest BCUT2D eigenvalue weighted by Crippen LogP contribution is -2.45. The van der Waals surface area contributed by atoms with E-state index in [2.05, 4.69) is 17.2 Å². The fourth-order valence-corrected chi connectivity index (χ4v) is 4.24. The first-order valence-corrected chi connectivity index (χ1v) is 10.2. The third kappa shape index (κ3) is 3.90. The largest absolute Gasteiger partial charge is 0.378 e. The van der Waals surface area contributed by atoms with Crippen LogP contribution in [0.25, 0.3) is 11.0 Å². The Bertz CT molecular complexity index is 904. The molecule has 1 aromatic heterocycles. The average molecular weight is 384 g/mol. The number of fused-ring (bicyclic) bond motifs is 1. The van der Waals surface area contributed by atoms with Crippen molar-refractivity contribution < 1.29 is 9.53 Å². The molecular formula is C21H28N4O3. The number of morpholine rings is 1. The lowest BCUT2D eigenvalue weighted by molar-refractivity contribution is -0.122. The van der Waals surface area contributed by atoms with Crippen LogP contribution in [0.2, 0.25) is 0 Å². The van der Waals surface area contributed by atoms with Crippen molar-refractivity contribution in [1.29, 1.82) is 0 Å². The molecular weight excluding hydrogens is 356 g/mol. The first-order valence-electron chi connectivity index (χ1n) is 10.2. The first-order chi connectivity index (χ1) is 13.6. The fourth-order valence-electron chi connectivity index (χ4n) is 4.24. The van der Waals surface area contributed by atoms with Crippen molar-refractivity contribution in [2.75, 3.05) is 31.2 Å². The van der Waals surface area contributed by atoms with Gasteiger partial charge >= 0.3 is 0 Å². The molecule has 2 heterocycles. The molecule has 7 nitrogen and oxygen atoms in total. The molecule has 1 aliphatic carbocycles. The fraction of sp³-hybridized carbons (Fsp3) is 0.571. The van der Waals surface area contributed by atoms with E-state index in [0.717, 1.165) is 24.8 Å². The number of aromatic nitrogens is 2. The van der Waals surface area contributed by atoms with E-state index in [1.165, 1.54) is 6.42 Å². The summed E-state index contributed by atoms with van der Waals surface area (Å²) in [5.41, 5.74) is 1.20. The monoisotopic (exact) mass is 384 g/mol. The minimum atomic E-state index is -0.215. The Kier molecular flexibility index (Phi) is 5.62. The maximum absolute atomic E-state index is 13.2. The summed E-state index contributed by atoms with van der Waals surface area (Å²) in [4.78, 5) is 32.6. The lowest BCUT2D eigenvalue weighted by atomic mass is 9.86. The number of carbonyl (C=O) groups excluding carboxylic acids is 1. The molecule has 1 saturated carbocycles. The predicted octanol–water partition coefficient (Wildman–Crippen LogP) is 1.93. The van der Waals surface area contributed by atoms with E-state index in [1.807, 2.05) is 29.2 Å². The molecule has 28 heavy (non-hydrogen) atoms. The highest BCUT2D eigenvalue weighted by Gasteiger charge is 2.24. The van der Waals surface area contributed by atoms with Crippen LogP contribution in [0.1, 0.15) is 32.6 Å². The van der Waals surface area contributed by atoms with Gasteiger partial charge in [-0.25, -0.2) is 4.98 Å². The van der Waals surface area contributed by atoms with E-state index >= 15 is 0 Å². The van der Waals surface area contributed by atoms with Gasteiger partial charge in [-0.3, -0.25) is 14.2 Å². The molecule has 1 N–H and O–H groups in total. The standard InChI is InChI=1S/C21H28N4O3/c1-15-6-2-3-7-16(15)22-19(26)14-25-18-9-5-4-8-17(18)23-20(21(25)27)24-10-12-28-13-11-24/h4-5,8-9,15-16H,2-3,6-7,10-14H2,1H3,(H,22,26)/t15-,16-/m0/s1. The van der Waals surface area contributed by atoms with Gasteiger partial charge in [0.2, 0.25) is 5.91 Å². The van der Waals surface area contributed by atoms with Gasteiger partial charge in [0.1, 0.15) is 6.54 Å². The molecule has 4 rings (SSSR count). The van der Waals surface area contributed by atoms with Gasteiger partial charge in [0.15, 0.2) is 5.82 Å². The third-order valence-electron chi connectivity index (χ3n) is 5.91. The molecule has 1 aromatic carbocycles. The van der Waals surface area contributed by atoms with Crippen LogP contribution in [-0.4, -0.2) is 47.8 Å². The second-order valence-electron chi connectivity index (χ2n) is 7.85. The Labute approximate surface area is 164 Å². The zero-order chi connectivity index (χ0) is 19.5. The van der Waals surface area contributed by atoms with E-state index in [4.69, 9.17) is 4.74 Å². The van der Waals surface area contributed by atoms with Gasteiger partial charge in [-0.15, -0.1) is 0 Å². The number of hydrogen-bond acceptors (Lipinski definition) is 5. The van der Waals surface area contributed by atoms with Crippen LogP contribution >= 0.6 is 0 Å². The quantitative estimate of drug-likeness (QED) is 0.872. The molecule has 2 atom stereocenters. The molecule has 150 valence electrons. The van der Waals surface area contributed by atoms with Gasteiger partial charge in [0.05, 0.1) is 24.2 Å². The van der Waals surface area contributed by atoms with E-state index in [-0.39, 0.29) is 24.1 Å². The zero-order valence-electron chi connectivity index (χ0n) is 16.4. The van der Waals surface area contributed by atoms with Gasteiger partial charge in [-0.2, -0.15) is 0 Å². The summed E-state index contributed by atoms with van der Waals surface area (Å²) in [7, 11) is 0. The molecule has 7 heteroatoms. The molecule has 0 unspecified atom stereocenters. The normalized spacial score (nSPS) is 23.0. The van der Waals surface area contributed by atoms with E-state index in [1.54, 1.807) is 4.57 Å². The summed E-state index contributed by atoms with van der Waals surface area (Å²) >= 11 is 0. The summed E-state index contributed by atoms with van der Waals surface area (Å²) in [5, 5.41) is 3.16. The topological polar surface area (TPSA) is 76.5 Å². The highest BCUT2D eigenvalue weighted by Crippen LogP contribution is 2.23. The van der Waals surface area contributed by atoms with Crippen LogP contribution in [0.15, 0.2) is 29.1 Å². The predicted molar refractivity (Wildman–Crippen MR) is 109 cm³/mol. The summed E-state index contributed by atoms with van der Waals surface area (Å²) < 4.78 is 6.96. The Morgan fingerprint density at radius 1 is 1.21 bits per heavy atom. The van der Waals surface area contributed by atoms with Crippen molar-refractivity contribution >= 4 is 22.8 Å². The number of amides is 1. The minimum Gasteiger partial charge on any atom is -0.378 e. The summed E-state index contributed by atoms with van der Waals surface area (Å²) in [6.07, 6.45) is 4.53. The summed E-state index contributed by atoms with van der Waals surface area (Å²) in [6, 6.07) is 7.70. The number of hydrogen-bond donors (Lipinski definition) is 1. The third-order valence-corrected chi connectivity index (χ3v) is 5.91. The average Bonchev–Trinajstić information content (AvgIpc) is 2.72. The van der Waals surface area contributed by atoms with Crippen molar-refractivity contribution in [2.45, 2.75) is 45.2 Å². The van der Waals surface area contributed by atoms with Crippen molar-refractivity contribution in [2.24, 2.45) is 5.92 Å². The molecule has 1 saturated heterocycles.